The summed E-state index contributed by atoms with van der Waals surface area (Å²) < 4.78 is 14.7. The largest absolute Gasteiger partial charge is 0.369 e. The van der Waals surface area contributed by atoms with Crippen molar-refractivity contribution in [3.63, 3.8) is 0 Å². The number of hydrogen-bond acceptors (Lipinski definition) is 9. The second-order valence-electron chi connectivity index (χ2n) is 7.66. The van der Waals surface area contributed by atoms with Gasteiger partial charge in [0.1, 0.15) is 33.8 Å². The van der Waals surface area contributed by atoms with Gasteiger partial charge in [0, 0.05) is 37.2 Å². The number of carbonyl (C=O) groups is 1. The minimum atomic E-state index is -0.489. The van der Waals surface area contributed by atoms with Gasteiger partial charge >= 0.3 is 0 Å². The van der Waals surface area contributed by atoms with Crippen LogP contribution in [0.3, 0.4) is 0 Å². The van der Waals surface area contributed by atoms with Gasteiger partial charge in [0.15, 0.2) is 0 Å². The molecule has 0 unspecified atom stereocenters. The average Bonchev–Trinajstić information content (AvgIpc) is 2.81. The van der Waals surface area contributed by atoms with Gasteiger partial charge in [0.2, 0.25) is 0 Å². The monoisotopic (exact) mass is 495 g/mol. The van der Waals surface area contributed by atoms with Gasteiger partial charge in [-0.15, -0.1) is 25.3 Å². The number of carbonyl (C=O) groups excluding carboxylic acids is 1. The van der Waals surface area contributed by atoms with Crippen molar-refractivity contribution in [2.24, 2.45) is 0 Å². The lowest BCUT2D eigenvalue weighted by atomic mass is 9.95. The molecule has 4 rings (SSSR count). The van der Waals surface area contributed by atoms with Gasteiger partial charge in [0.05, 0.1) is 22.3 Å². The van der Waals surface area contributed by atoms with Crippen LogP contribution in [0.4, 0.5) is 10.2 Å². The van der Waals surface area contributed by atoms with Crippen LogP contribution in [0.25, 0.3) is 22.2 Å². The molecule has 3 aromatic heterocycles. The molecule has 0 bridgehead atoms. The first-order valence-electron chi connectivity index (χ1n) is 10.4. The molecule has 8 nitrogen and oxygen atoms in total. The predicted molar refractivity (Wildman–Crippen MR) is 134 cm³/mol. The lowest BCUT2D eigenvalue weighted by Gasteiger charge is -2.17. The Morgan fingerprint density at radius 1 is 1.12 bits per heavy atom. The Balaban J connectivity index is 1.61. The number of benzene rings is 1. The fourth-order valence-electron chi connectivity index (χ4n) is 3.70. The SMILES string of the molecule is CNC(=O)c1ccnc2c([C@H](C)CNc3cc(-c4c(S)nc(C)nc4S)ncn3)ccc(F)c12. The van der Waals surface area contributed by atoms with Crippen LogP contribution in [0.5, 0.6) is 0 Å². The number of rotatable bonds is 6. The molecule has 0 fully saturated rings. The summed E-state index contributed by atoms with van der Waals surface area (Å²) in [6, 6.07) is 6.34. The van der Waals surface area contributed by atoms with Crippen LogP contribution in [-0.4, -0.2) is 44.4 Å². The minimum absolute atomic E-state index is 0.0717. The molecule has 0 aliphatic rings. The van der Waals surface area contributed by atoms with Crippen molar-refractivity contribution in [3.8, 4) is 11.3 Å². The zero-order valence-corrected chi connectivity index (χ0v) is 20.5. The number of halogens is 1. The standard InChI is InChI=1S/C23H22FN7OS2/c1-11(13-4-5-15(24)18-14(21(32)25-3)6-7-26-20(13)18)9-27-17-8-16(28-10-29-17)19-22(33)30-12(2)31-23(19)34/h4-8,10-11H,9H2,1-3H3,(H,25,32)(H,27,28,29)(H2,30,31,33,34)/t11-/m1/s1. The molecule has 0 radical (unpaired) electrons. The van der Waals surface area contributed by atoms with Crippen LogP contribution in [0.2, 0.25) is 0 Å². The molecule has 4 aromatic rings. The first kappa shape index (κ1) is 23.8. The Morgan fingerprint density at radius 3 is 2.56 bits per heavy atom. The fourth-order valence-corrected chi connectivity index (χ4v) is 4.52. The summed E-state index contributed by atoms with van der Waals surface area (Å²) in [4.78, 5) is 33.8. The molecule has 0 aliphatic carbocycles. The molecule has 11 heteroatoms. The predicted octanol–water partition coefficient (Wildman–Crippen LogP) is 4.08. The number of fused-ring (bicyclic) bond motifs is 1. The van der Waals surface area contributed by atoms with E-state index in [4.69, 9.17) is 0 Å². The molecule has 2 N–H and O–H groups in total. The zero-order chi connectivity index (χ0) is 24.4. The van der Waals surface area contributed by atoms with E-state index < -0.39 is 5.82 Å². The van der Waals surface area contributed by atoms with Crippen LogP contribution in [0.1, 0.15) is 34.6 Å². The van der Waals surface area contributed by atoms with E-state index in [0.717, 1.165) is 5.56 Å². The van der Waals surface area contributed by atoms with Gasteiger partial charge in [-0.2, -0.15) is 0 Å². The molecule has 0 saturated heterocycles. The number of aryl methyl sites for hydroxylation is 1. The van der Waals surface area contributed by atoms with Crippen molar-refractivity contribution in [2.75, 3.05) is 18.9 Å². The zero-order valence-electron chi connectivity index (χ0n) is 18.7. The van der Waals surface area contributed by atoms with Crippen LogP contribution < -0.4 is 10.6 Å². The van der Waals surface area contributed by atoms with E-state index in [0.29, 0.717) is 45.0 Å². The highest BCUT2D eigenvalue weighted by molar-refractivity contribution is 7.81. The topological polar surface area (TPSA) is 106 Å². The second kappa shape index (κ2) is 9.90. The lowest BCUT2D eigenvalue weighted by Crippen LogP contribution is -2.19. The average molecular weight is 496 g/mol. The number of amides is 1. The first-order valence-corrected chi connectivity index (χ1v) is 11.3. The molecular formula is C23H22FN7OS2. The third-order valence-corrected chi connectivity index (χ3v) is 6.02. The number of hydrogen-bond donors (Lipinski definition) is 4. The molecule has 34 heavy (non-hydrogen) atoms. The Labute approximate surface area is 206 Å². The molecule has 0 spiro atoms. The molecule has 1 atom stereocenters. The van der Waals surface area contributed by atoms with E-state index in [1.807, 2.05) is 6.92 Å². The molecule has 0 aliphatic heterocycles. The molecule has 0 saturated carbocycles. The van der Waals surface area contributed by atoms with E-state index in [1.54, 1.807) is 19.1 Å². The van der Waals surface area contributed by atoms with Crippen molar-refractivity contribution >= 4 is 47.9 Å². The summed E-state index contributed by atoms with van der Waals surface area (Å²) in [5.41, 5.74) is 2.72. The van der Waals surface area contributed by atoms with Gasteiger partial charge in [-0.25, -0.2) is 24.3 Å². The Bertz CT molecular complexity index is 1380. The van der Waals surface area contributed by atoms with Crippen LogP contribution in [0, 0.1) is 12.7 Å². The van der Waals surface area contributed by atoms with Crippen molar-refractivity contribution in [1.82, 2.24) is 30.2 Å². The Morgan fingerprint density at radius 2 is 1.85 bits per heavy atom. The van der Waals surface area contributed by atoms with Gasteiger partial charge in [0.25, 0.3) is 5.91 Å². The molecule has 174 valence electrons. The van der Waals surface area contributed by atoms with E-state index in [9.17, 15) is 9.18 Å². The van der Waals surface area contributed by atoms with E-state index in [2.05, 4.69) is 60.8 Å². The van der Waals surface area contributed by atoms with Crippen LogP contribution in [-0.2, 0) is 0 Å². The van der Waals surface area contributed by atoms with Crippen molar-refractivity contribution in [1.29, 1.82) is 0 Å². The van der Waals surface area contributed by atoms with E-state index in [-0.39, 0.29) is 22.8 Å². The van der Waals surface area contributed by atoms with Gasteiger partial charge in [-0.1, -0.05) is 13.0 Å². The first-order chi connectivity index (χ1) is 16.3. The Kier molecular flexibility index (Phi) is 6.94. The molecule has 3 heterocycles. The maximum Gasteiger partial charge on any atom is 0.251 e. The van der Waals surface area contributed by atoms with Crippen molar-refractivity contribution < 1.29 is 9.18 Å². The summed E-state index contributed by atoms with van der Waals surface area (Å²) >= 11 is 8.88. The maximum absolute atomic E-state index is 14.7. The number of thiol groups is 2. The third-order valence-electron chi connectivity index (χ3n) is 5.37. The summed E-state index contributed by atoms with van der Waals surface area (Å²) in [7, 11) is 1.51. The van der Waals surface area contributed by atoms with Crippen LogP contribution >= 0.6 is 25.3 Å². The minimum Gasteiger partial charge on any atom is -0.369 e. The summed E-state index contributed by atoms with van der Waals surface area (Å²) in [5, 5.41) is 7.00. The fraction of sp³-hybridized carbons (Fsp3) is 0.217. The summed E-state index contributed by atoms with van der Waals surface area (Å²) in [6.07, 6.45) is 2.95. The normalized spacial score (nSPS) is 11.9. The number of aromatic nitrogens is 5. The van der Waals surface area contributed by atoms with E-state index >= 15 is 0 Å². The summed E-state index contributed by atoms with van der Waals surface area (Å²) in [6.45, 7) is 4.24. The maximum atomic E-state index is 14.7. The third kappa shape index (κ3) is 4.66. The highest BCUT2D eigenvalue weighted by Crippen LogP contribution is 2.31. The van der Waals surface area contributed by atoms with Gasteiger partial charge in [-0.05, 0) is 24.6 Å². The number of pyridine rings is 1. The van der Waals surface area contributed by atoms with E-state index in [1.165, 1.54) is 31.7 Å². The molecular weight excluding hydrogens is 473 g/mol. The second-order valence-corrected chi connectivity index (χ2v) is 8.51. The highest BCUT2D eigenvalue weighted by Gasteiger charge is 2.19. The quantitative estimate of drug-likeness (QED) is 0.236. The number of nitrogens with zero attached hydrogens (tertiary/aromatic N) is 5. The number of anilines is 1. The molecule has 1 aromatic carbocycles. The van der Waals surface area contributed by atoms with Crippen LogP contribution in [0.15, 0.2) is 46.8 Å². The molecule has 1 amide bonds. The van der Waals surface area contributed by atoms with Crippen molar-refractivity contribution in [3.05, 3.63) is 59.6 Å². The van der Waals surface area contributed by atoms with Crippen molar-refractivity contribution in [2.45, 2.75) is 29.8 Å². The smallest absolute Gasteiger partial charge is 0.251 e. The Hall–Kier alpha value is -3.31. The highest BCUT2D eigenvalue weighted by atomic mass is 32.1. The summed E-state index contributed by atoms with van der Waals surface area (Å²) in [5.74, 6) is 0.229. The number of nitrogens with one attached hydrogen (secondary N) is 2. The van der Waals surface area contributed by atoms with Gasteiger partial charge < -0.3 is 10.6 Å². The lowest BCUT2D eigenvalue weighted by molar-refractivity contribution is 0.0964. The van der Waals surface area contributed by atoms with Gasteiger partial charge in [-0.3, -0.25) is 9.78 Å².